The van der Waals surface area contributed by atoms with Gasteiger partial charge in [-0.05, 0) is 41.6 Å². The second-order valence-corrected chi connectivity index (χ2v) is 6.90. The van der Waals surface area contributed by atoms with E-state index in [1.165, 1.54) is 5.39 Å². The molecule has 0 spiro atoms. The van der Waals surface area contributed by atoms with E-state index < -0.39 is 0 Å². The molecule has 0 fully saturated rings. The summed E-state index contributed by atoms with van der Waals surface area (Å²) in [5, 5.41) is 7.03. The van der Waals surface area contributed by atoms with Crippen LogP contribution in [0.2, 0.25) is 0 Å². The fourth-order valence-corrected chi connectivity index (χ4v) is 3.10. The highest BCUT2D eigenvalue weighted by atomic mass is 16.2. The summed E-state index contributed by atoms with van der Waals surface area (Å²) in [6.07, 6.45) is 4.48. The van der Waals surface area contributed by atoms with E-state index in [1.807, 2.05) is 30.5 Å². The summed E-state index contributed by atoms with van der Waals surface area (Å²) in [6.45, 7) is 3.90. The molecule has 0 saturated heterocycles. The minimum Gasteiger partial charge on any atom is -0.352 e. The van der Waals surface area contributed by atoms with Crippen molar-refractivity contribution in [3.05, 3.63) is 71.9 Å². The normalized spacial score (nSPS) is 10.8. The number of benzene rings is 2. The Kier molecular flexibility index (Phi) is 6.84. The van der Waals surface area contributed by atoms with Crippen molar-refractivity contribution in [3.63, 3.8) is 0 Å². The number of carbonyl (C=O) groups excluding carboxylic acids is 2. The Bertz CT molecular complexity index is 928. The van der Waals surface area contributed by atoms with Gasteiger partial charge in [0.2, 0.25) is 5.91 Å². The maximum atomic E-state index is 12.2. The molecule has 2 aromatic carbocycles. The molecule has 28 heavy (non-hydrogen) atoms. The van der Waals surface area contributed by atoms with Gasteiger partial charge in [-0.3, -0.25) is 9.59 Å². The lowest BCUT2D eigenvalue weighted by molar-refractivity contribution is -0.121. The lowest BCUT2D eigenvalue weighted by atomic mass is 10.1. The second kappa shape index (κ2) is 9.74. The predicted octanol–water partition coefficient (Wildman–Crippen LogP) is 3.88. The van der Waals surface area contributed by atoms with E-state index in [4.69, 9.17) is 0 Å². The Morgan fingerprint density at radius 3 is 2.54 bits per heavy atom. The van der Waals surface area contributed by atoms with Crippen LogP contribution in [0.3, 0.4) is 0 Å². The number of rotatable bonds is 9. The number of amides is 2. The van der Waals surface area contributed by atoms with Crippen LogP contribution in [0.25, 0.3) is 10.9 Å². The summed E-state index contributed by atoms with van der Waals surface area (Å²) < 4.78 is 2.10. The molecule has 3 rings (SSSR count). The standard InChI is InChI=1S/C23H27N3O2/c1-2-3-14-24-23(28)20-10-8-18(9-11-20)17-25-22(27)13-16-26-15-12-19-6-4-5-7-21(19)26/h4-12,15H,2-3,13-14,16-17H2,1H3,(H,24,28)(H,25,27). The van der Waals surface area contributed by atoms with Gasteiger partial charge < -0.3 is 15.2 Å². The van der Waals surface area contributed by atoms with Crippen LogP contribution in [-0.2, 0) is 17.9 Å². The van der Waals surface area contributed by atoms with E-state index >= 15 is 0 Å². The molecular weight excluding hydrogens is 350 g/mol. The summed E-state index contributed by atoms with van der Waals surface area (Å²) >= 11 is 0. The van der Waals surface area contributed by atoms with E-state index in [1.54, 1.807) is 12.1 Å². The van der Waals surface area contributed by atoms with Crippen LogP contribution in [0.4, 0.5) is 0 Å². The van der Waals surface area contributed by atoms with Gasteiger partial charge in [0.15, 0.2) is 0 Å². The number of hydrogen-bond donors (Lipinski definition) is 2. The smallest absolute Gasteiger partial charge is 0.251 e. The lowest BCUT2D eigenvalue weighted by Crippen LogP contribution is -2.25. The van der Waals surface area contributed by atoms with Gasteiger partial charge in [-0.2, -0.15) is 0 Å². The zero-order valence-electron chi connectivity index (χ0n) is 16.3. The van der Waals surface area contributed by atoms with Crippen molar-refractivity contribution >= 4 is 22.7 Å². The van der Waals surface area contributed by atoms with E-state index in [0.29, 0.717) is 31.6 Å². The third-order valence-electron chi connectivity index (χ3n) is 4.78. The number of hydrogen-bond acceptors (Lipinski definition) is 2. The number of aromatic nitrogens is 1. The Morgan fingerprint density at radius 2 is 1.75 bits per heavy atom. The highest BCUT2D eigenvalue weighted by molar-refractivity contribution is 5.94. The van der Waals surface area contributed by atoms with Gasteiger partial charge in [-0.1, -0.05) is 43.7 Å². The number of carbonyl (C=O) groups is 2. The zero-order chi connectivity index (χ0) is 19.8. The van der Waals surface area contributed by atoms with Crippen LogP contribution in [0.1, 0.15) is 42.1 Å². The number of fused-ring (bicyclic) bond motifs is 1. The molecule has 5 heteroatoms. The summed E-state index contributed by atoms with van der Waals surface area (Å²) in [4.78, 5) is 24.2. The topological polar surface area (TPSA) is 63.1 Å². The van der Waals surface area contributed by atoms with E-state index in [9.17, 15) is 9.59 Å². The fourth-order valence-electron chi connectivity index (χ4n) is 3.10. The predicted molar refractivity (Wildman–Crippen MR) is 112 cm³/mol. The van der Waals surface area contributed by atoms with Crippen molar-refractivity contribution in [1.29, 1.82) is 0 Å². The fraction of sp³-hybridized carbons (Fsp3) is 0.304. The number of aryl methyl sites for hydroxylation is 1. The molecule has 0 unspecified atom stereocenters. The van der Waals surface area contributed by atoms with Crippen LogP contribution in [-0.4, -0.2) is 22.9 Å². The first kappa shape index (κ1) is 19.7. The van der Waals surface area contributed by atoms with Gasteiger partial charge in [0.25, 0.3) is 5.91 Å². The third-order valence-corrected chi connectivity index (χ3v) is 4.78. The molecule has 0 bridgehead atoms. The molecule has 0 aliphatic heterocycles. The first-order chi connectivity index (χ1) is 13.7. The molecule has 5 nitrogen and oxygen atoms in total. The van der Waals surface area contributed by atoms with Crippen molar-refractivity contribution in [3.8, 4) is 0 Å². The highest BCUT2D eigenvalue weighted by Gasteiger charge is 2.07. The van der Waals surface area contributed by atoms with Crippen molar-refractivity contribution in [2.75, 3.05) is 6.54 Å². The number of unbranched alkanes of at least 4 members (excludes halogenated alkanes) is 1. The first-order valence-electron chi connectivity index (χ1n) is 9.85. The van der Waals surface area contributed by atoms with E-state index in [0.717, 1.165) is 23.9 Å². The molecule has 0 aliphatic carbocycles. The molecule has 1 heterocycles. The van der Waals surface area contributed by atoms with Gasteiger partial charge in [0, 0.05) is 43.3 Å². The van der Waals surface area contributed by atoms with Gasteiger partial charge in [-0.25, -0.2) is 0 Å². The van der Waals surface area contributed by atoms with Gasteiger partial charge >= 0.3 is 0 Å². The molecular formula is C23H27N3O2. The highest BCUT2D eigenvalue weighted by Crippen LogP contribution is 2.15. The summed E-state index contributed by atoms with van der Waals surface area (Å²) in [5.41, 5.74) is 2.76. The largest absolute Gasteiger partial charge is 0.352 e. The SMILES string of the molecule is CCCCNC(=O)c1ccc(CNC(=O)CCn2ccc3ccccc32)cc1. The summed E-state index contributed by atoms with van der Waals surface area (Å²) in [6, 6.07) is 17.6. The minimum atomic E-state index is -0.0528. The average Bonchev–Trinajstić information content (AvgIpc) is 3.14. The molecule has 0 saturated carbocycles. The summed E-state index contributed by atoms with van der Waals surface area (Å²) in [7, 11) is 0. The molecule has 2 amide bonds. The zero-order valence-corrected chi connectivity index (χ0v) is 16.3. The molecule has 146 valence electrons. The molecule has 0 aliphatic rings. The Labute approximate surface area is 165 Å². The Morgan fingerprint density at radius 1 is 0.964 bits per heavy atom. The number of nitrogens with one attached hydrogen (secondary N) is 2. The first-order valence-corrected chi connectivity index (χ1v) is 9.85. The number of nitrogens with zero attached hydrogens (tertiary/aromatic N) is 1. The maximum absolute atomic E-state index is 12.2. The van der Waals surface area contributed by atoms with Crippen LogP contribution in [0.15, 0.2) is 60.8 Å². The lowest BCUT2D eigenvalue weighted by Gasteiger charge is -2.08. The maximum Gasteiger partial charge on any atom is 0.251 e. The van der Waals surface area contributed by atoms with Crippen LogP contribution in [0.5, 0.6) is 0 Å². The van der Waals surface area contributed by atoms with Crippen molar-refractivity contribution in [1.82, 2.24) is 15.2 Å². The van der Waals surface area contributed by atoms with E-state index in [2.05, 4.69) is 40.3 Å². The molecule has 0 radical (unpaired) electrons. The number of para-hydroxylation sites is 1. The van der Waals surface area contributed by atoms with E-state index in [-0.39, 0.29) is 11.8 Å². The Hall–Kier alpha value is -3.08. The van der Waals surface area contributed by atoms with Gasteiger partial charge in [0.1, 0.15) is 0 Å². The van der Waals surface area contributed by atoms with Crippen LogP contribution in [0, 0.1) is 0 Å². The van der Waals surface area contributed by atoms with Crippen molar-refractivity contribution < 1.29 is 9.59 Å². The monoisotopic (exact) mass is 377 g/mol. The Balaban J connectivity index is 1.44. The molecule has 3 aromatic rings. The van der Waals surface area contributed by atoms with Crippen LogP contribution >= 0.6 is 0 Å². The second-order valence-electron chi connectivity index (χ2n) is 6.90. The van der Waals surface area contributed by atoms with Gasteiger partial charge in [-0.15, -0.1) is 0 Å². The quantitative estimate of drug-likeness (QED) is 0.556. The molecule has 0 atom stereocenters. The third kappa shape index (κ3) is 5.22. The minimum absolute atomic E-state index is 0.0131. The van der Waals surface area contributed by atoms with Gasteiger partial charge in [0.05, 0.1) is 0 Å². The van der Waals surface area contributed by atoms with Crippen molar-refractivity contribution in [2.24, 2.45) is 0 Å². The summed E-state index contributed by atoms with van der Waals surface area (Å²) in [5.74, 6) is -0.0397. The van der Waals surface area contributed by atoms with Crippen LogP contribution < -0.4 is 10.6 Å². The average molecular weight is 377 g/mol. The van der Waals surface area contributed by atoms with Crippen molar-refractivity contribution in [2.45, 2.75) is 39.3 Å². The molecule has 2 N–H and O–H groups in total. The molecule has 1 aromatic heterocycles.